The summed E-state index contributed by atoms with van der Waals surface area (Å²) in [6, 6.07) is 8.41. The van der Waals surface area contributed by atoms with Gasteiger partial charge in [0.15, 0.2) is 0 Å². The first kappa shape index (κ1) is 17.1. The molecule has 2 rings (SSSR count). The lowest BCUT2D eigenvalue weighted by Gasteiger charge is -2.16. The third-order valence-corrected chi connectivity index (χ3v) is 3.19. The van der Waals surface area contributed by atoms with Crippen molar-refractivity contribution in [1.82, 2.24) is 10.2 Å². The zero-order valence-electron chi connectivity index (χ0n) is 12.6. The zero-order valence-corrected chi connectivity index (χ0v) is 12.6. The van der Waals surface area contributed by atoms with Gasteiger partial charge in [-0.25, -0.2) is 0 Å². The monoisotopic (exact) mass is 326 g/mol. The van der Waals surface area contributed by atoms with Gasteiger partial charge >= 0.3 is 6.18 Å². The average Bonchev–Trinajstić information content (AvgIpc) is 2.98. The van der Waals surface area contributed by atoms with Crippen LogP contribution in [0.1, 0.15) is 16.9 Å². The Hall–Kier alpha value is -2.28. The fourth-order valence-corrected chi connectivity index (χ4v) is 2.07. The number of hydrogen-bond donors (Lipinski definition) is 1. The van der Waals surface area contributed by atoms with Gasteiger partial charge < -0.3 is 9.73 Å². The van der Waals surface area contributed by atoms with Crippen molar-refractivity contribution in [1.29, 1.82) is 0 Å². The maximum Gasteiger partial charge on any atom is 0.416 e. The van der Waals surface area contributed by atoms with Crippen LogP contribution in [0.3, 0.4) is 0 Å². The molecular weight excluding hydrogens is 309 g/mol. The molecule has 1 amide bonds. The largest absolute Gasteiger partial charge is 0.467 e. The van der Waals surface area contributed by atoms with Crippen LogP contribution < -0.4 is 5.32 Å². The minimum absolute atomic E-state index is 0.141. The summed E-state index contributed by atoms with van der Waals surface area (Å²) >= 11 is 0. The van der Waals surface area contributed by atoms with Crippen LogP contribution >= 0.6 is 0 Å². The van der Waals surface area contributed by atoms with Crippen LogP contribution in [0.2, 0.25) is 0 Å². The quantitative estimate of drug-likeness (QED) is 0.887. The molecule has 1 aromatic carbocycles. The van der Waals surface area contributed by atoms with Crippen LogP contribution in [0.25, 0.3) is 0 Å². The number of nitrogens with one attached hydrogen (secondary N) is 1. The second-order valence-electron chi connectivity index (χ2n) is 5.22. The van der Waals surface area contributed by atoms with E-state index in [0.717, 1.165) is 12.1 Å². The molecule has 0 aliphatic rings. The summed E-state index contributed by atoms with van der Waals surface area (Å²) in [6.45, 7) is 0.827. The van der Waals surface area contributed by atoms with E-state index in [1.54, 1.807) is 24.1 Å². The zero-order chi connectivity index (χ0) is 16.9. The van der Waals surface area contributed by atoms with Crippen molar-refractivity contribution in [3.63, 3.8) is 0 Å². The summed E-state index contributed by atoms with van der Waals surface area (Å²) < 4.78 is 42.6. The number of nitrogens with zero attached hydrogens (tertiary/aromatic N) is 1. The fraction of sp³-hybridized carbons (Fsp3) is 0.312. The molecule has 1 heterocycles. The number of carbonyl (C=O) groups excluding carboxylic acids is 1. The summed E-state index contributed by atoms with van der Waals surface area (Å²) in [7, 11) is 1.73. The first-order valence-corrected chi connectivity index (χ1v) is 6.98. The number of likely N-dealkylation sites (N-methyl/N-ethyl adjacent to an activating group) is 1. The van der Waals surface area contributed by atoms with E-state index >= 15 is 0 Å². The molecule has 124 valence electrons. The standard InChI is InChI=1S/C16H17F3N2O2/c1-21(11-15(22)20-9-14-3-2-8-23-14)10-12-4-6-13(7-5-12)16(17,18)19/h2-8H,9-11H2,1H3,(H,20,22). The Kier molecular flexibility index (Phi) is 5.44. The van der Waals surface area contributed by atoms with Gasteiger partial charge in [0.1, 0.15) is 5.76 Å². The average molecular weight is 326 g/mol. The van der Waals surface area contributed by atoms with Crippen LogP contribution in [0, 0.1) is 0 Å². The third kappa shape index (κ3) is 5.45. The van der Waals surface area contributed by atoms with E-state index in [2.05, 4.69) is 5.32 Å². The number of furan rings is 1. The van der Waals surface area contributed by atoms with Gasteiger partial charge in [0.25, 0.3) is 0 Å². The maximum atomic E-state index is 12.5. The van der Waals surface area contributed by atoms with E-state index in [9.17, 15) is 18.0 Å². The molecule has 4 nitrogen and oxygen atoms in total. The van der Waals surface area contributed by atoms with E-state index in [0.29, 0.717) is 24.4 Å². The van der Waals surface area contributed by atoms with Gasteiger partial charge in [-0.2, -0.15) is 13.2 Å². The van der Waals surface area contributed by atoms with E-state index < -0.39 is 11.7 Å². The fourth-order valence-electron chi connectivity index (χ4n) is 2.07. The highest BCUT2D eigenvalue weighted by Gasteiger charge is 2.29. The Morgan fingerprint density at radius 2 is 1.91 bits per heavy atom. The van der Waals surface area contributed by atoms with Crippen molar-refractivity contribution in [3.05, 3.63) is 59.5 Å². The number of hydrogen-bond acceptors (Lipinski definition) is 3. The Bertz CT molecular complexity index is 622. The molecule has 0 aliphatic carbocycles. The molecule has 0 aliphatic heterocycles. The Balaban J connectivity index is 1.79. The predicted molar refractivity (Wildman–Crippen MR) is 78.3 cm³/mol. The molecule has 0 spiro atoms. The summed E-state index contributed by atoms with van der Waals surface area (Å²) in [4.78, 5) is 13.5. The highest BCUT2D eigenvalue weighted by molar-refractivity contribution is 5.77. The highest BCUT2D eigenvalue weighted by Crippen LogP contribution is 2.29. The van der Waals surface area contributed by atoms with E-state index in [4.69, 9.17) is 4.42 Å². The highest BCUT2D eigenvalue weighted by atomic mass is 19.4. The second kappa shape index (κ2) is 7.32. The molecule has 7 heteroatoms. The lowest BCUT2D eigenvalue weighted by Crippen LogP contribution is -2.34. The van der Waals surface area contributed by atoms with Crippen molar-refractivity contribution in [3.8, 4) is 0 Å². The second-order valence-corrected chi connectivity index (χ2v) is 5.22. The topological polar surface area (TPSA) is 45.5 Å². The van der Waals surface area contributed by atoms with Gasteiger partial charge in [-0.3, -0.25) is 9.69 Å². The molecule has 23 heavy (non-hydrogen) atoms. The molecule has 2 aromatic rings. The van der Waals surface area contributed by atoms with Crippen molar-refractivity contribution >= 4 is 5.91 Å². The van der Waals surface area contributed by atoms with Gasteiger partial charge in [-0.15, -0.1) is 0 Å². The van der Waals surface area contributed by atoms with Crippen molar-refractivity contribution in [2.45, 2.75) is 19.3 Å². The van der Waals surface area contributed by atoms with Crippen LogP contribution in [0.5, 0.6) is 0 Å². The maximum absolute atomic E-state index is 12.5. The third-order valence-electron chi connectivity index (χ3n) is 3.19. The van der Waals surface area contributed by atoms with E-state index in [-0.39, 0.29) is 12.5 Å². The SMILES string of the molecule is CN(CC(=O)NCc1ccco1)Cc1ccc(C(F)(F)F)cc1. The van der Waals surface area contributed by atoms with Crippen molar-refractivity contribution < 1.29 is 22.4 Å². The van der Waals surface area contributed by atoms with Crippen LogP contribution in [-0.4, -0.2) is 24.4 Å². The number of alkyl halides is 3. The van der Waals surface area contributed by atoms with E-state index in [1.807, 2.05) is 0 Å². The first-order valence-electron chi connectivity index (χ1n) is 6.98. The number of amides is 1. The number of benzene rings is 1. The minimum atomic E-state index is -4.34. The summed E-state index contributed by atoms with van der Waals surface area (Å²) in [5, 5.41) is 2.71. The lowest BCUT2D eigenvalue weighted by atomic mass is 10.1. The summed E-state index contributed by atoms with van der Waals surface area (Å²) in [6.07, 6.45) is -2.81. The summed E-state index contributed by atoms with van der Waals surface area (Å²) in [5.41, 5.74) is 0.0272. The smallest absolute Gasteiger partial charge is 0.416 e. The summed E-state index contributed by atoms with van der Waals surface area (Å²) in [5.74, 6) is 0.472. The van der Waals surface area contributed by atoms with Gasteiger partial charge in [0.05, 0.1) is 24.9 Å². The van der Waals surface area contributed by atoms with Gasteiger partial charge in [-0.1, -0.05) is 12.1 Å². The van der Waals surface area contributed by atoms with Crippen molar-refractivity contribution in [2.75, 3.05) is 13.6 Å². The minimum Gasteiger partial charge on any atom is -0.467 e. The van der Waals surface area contributed by atoms with Crippen LogP contribution in [-0.2, 0) is 24.1 Å². The normalized spacial score (nSPS) is 11.7. The number of halogens is 3. The van der Waals surface area contributed by atoms with Gasteiger partial charge in [-0.05, 0) is 36.9 Å². The van der Waals surface area contributed by atoms with Gasteiger partial charge in [0.2, 0.25) is 5.91 Å². The molecule has 0 bridgehead atoms. The van der Waals surface area contributed by atoms with Crippen LogP contribution in [0.15, 0.2) is 47.1 Å². The molecule has 0 atom stereocenters. The van der Waals surface area contributed by atoms with Crippen molar-refractivity contribution in [2.24, 2.45) is 0 Å². The van der Waals surface area contributed by atoms with Crippen LogP contribution in [0.4, 0.5) is 13.2 Å². The Morgan fingerprint density at radius 1 is 1.22 bits per heavy atom. The lowest BCUT2D eigenvalue weighted by molar-refractivity contribution is -0.137. The molecule has 1 N–H and O–H groups in total. The number of rotatable bonds is 6. The molecular formula is C16H17F3N2O2. The molecule has 0 unspecified atom stereocenters. The number of carbonyl (C=O) groups is 1. The first-order chi connectivity index (χ1) is 10.8. The molecule has 0 fully saturated rings. The molecule has 0 saturated heterocycles. The Labute approximate surface area is 131 Å². The van der Waals surface area contributed by atoms with E-state index in [1.165, 1.54) is 18.4 Å². The molecule has 0 radical (unpaired) electrons. The Morgan fingerprint density at radius 3 is 2.48 bits per heavy atom. The molecule has 1 aromatic heterocycles. The molecule has 0 saturated carbocycles. The van der Waals surface area contributed by atoms with Gasteiger partial charge in [0, 0.05) is 6.54 Å². The predicted octanol–water partition coefficient (Wildman–Crippen LogP) is 3.05.